The van der Waals surface area contributed by atoms with Crippen LogP contribution >= 0.6 is 15.9 Å². The van der Waals surface area contributed by atoms with Gasteiger partial charge >= 0.3 is 5.97 Å². The normalized spacial score (nSPS) is 9.00. The molecule has 72 valence electrons. The SMILES string of the molecule is NCC#Cc1ccc(Br)cc1C(=O)O. The van der Waals surface area contributed by atoms with Crippen LogP contribution in [0.3, 0.4) is 0 Å². The molecule has 1 aromatic carbocycles. The van der Waals surface area contributed by atoms with Gasteiger partial charge in [0.25, 0.3) is 0 Å². The highest BCUT2D eigenvalue weighted by Crippen LogP contribution is 2.15. The summed E-state index contributed by atoms with van der Waals surface area (Å²) >= 11 is 3.20. The van der Waals surface area contributed by atoms with E-state index in [4.69, 9.17) is 10.8 Å². The Labute approximate surface area is 90.1 Å². The minimum Gasteiger partial charge on any atom is -0.478 e. The van der Waals surface area contributed by atoms with Crippen molar-refractivity contribution in [2.75, 3.05) is 6.54 Å². The number of carbonyl (C=O) groups is 1. The number of hydrogen-bond donors (Lipinski definition) is 2. The molecule has 4 heteroatoms. The zero-order valence-electron chi connectivity index (χ0n) is 7.25. The smallest absolute Gasteiger partial charge is 0.337 e. The van der Waals surface area contributed by atoms with E-state index < -0.39 is 5.97 Å². The predicted molar refractivity (Wildman–Crippen MR) is 57.0 cm³/mol. The van der Waals surface area contributed by atoms with Gasteiger partial charge in [0, 0.05) is 10.0 Å². The molecule has 0 saturated carbocycles. The summed E-state index contributed by atoms with van der Waals surface area (Å²) in [6.07, 6.45) is 0. The molecular formula is C10H8BrNO2. The average Bonchev–Trinajstić information content (AvgIpc) is 2.15. The van der Waals surface area contributed by atoms with E-state index in [0.717, 1.165) is 0 Å². The van der Waals surface area contributed by atoms with Crippen molar-refractivity contribution in [2.45, 2.75) is 0 Å². The number of aromatic carboxylic acids is 1. The molecule has 0 radical (unpaired) electrons. The van der Waals surface area contributed by atoms with E-state index in [1.807, 2.05) is 0 Å². The molecule has 0 heterocycles. The van der Waals surface area contributed by atoms with Crippen molar-refractivity contribution in [3.05, 3.63) is 33.8 Å². The first-order valence-corrected chi connectivity index (χ1v) is 4.66. The Balaban J connectivity index is 3.22. The van der Waals surface area contributed by atoms with Gasteiger partial charge in [0.1, 0.15) is 0 Å². The van der Waals surface area contributed by atoms with Crippen LogP contribution in [-0.2, 0) is 0 Å². The molecule has 1 aromatic rings. The van der Waals surface area contributed by atoms with E-state index in [1.54, 1.807) is 12.1 Å². The van der Waals surface area contributed by atoms with Gasteiger partial charge in [-0.15, -0.1) is 0 Å². The Morgan fingerprint density at radius 1 is 1.57 bits per heavy atom. The fourth-order valence-electron chi connectivity index (χ4n) is 0.949. The average molecular weight is 254 g/mol. The van der Waals surface area contributed by atoms with Crippen LogP contribution in [0, 0.1) is 11.8 Å². The van der Waals surface area contributed by atoms with E-state index in [2.05, 4.69) is 27.8 Å². The van der Waals surface area contributed by atoms with Crippen molar-refractivity contribution in [3.63, 3.8) is 0 Å². The zero-order valence-corrected chi connectivity index (χ0v) is 8.84. The lowest BCUT2D eigenvalue weighted by molar-refractivity contribution is 0.0696. The second kappa shape index (κ2) is 4.80. The first-order valence-electron chi connectivity index (χ1n) is 3.87. The maximum atomic E-state index is 10.8. The van der Waals surface area contributed by atoms with Crippen molar-refractivity contribution < 1.29 is 9.90 Å². The van der Waals surface area contributed by atoms with E-state index >= 15 is 0 Å². The van der Waals surface area contributed by atoms with Crippen molar-refractivity contribution in [1.82, 2.24) is 0 Å². The molecule has 0 aromatic heterocycles. The molecule has 0 aliphatic heterocycles. The number of hydrogen-bond acceptors (Lipinski definition) is 2. The zero-order chi connectivity index (χ0) is 10.6. The van der Waals surface area contributed by atoms with E-state index in [-0.39, 0.29) is 12.1 Å². The summed E-state index contributed by atoms with van der Waals surface area (Å²) in [7, 11) is 0. The van der Waals surface area contributed by atoms with E-state index in [1.165, 1.54) is 6.07 Å². The fourth-order valence-corrected chi connectivity index (χ4v) is 1.31. The molecule has 1 rings (SSSR count). The first-order chi connectivity index (χ1) is 6.65. The van der Waals surface area contributed by atoms with Gasteiger partial charge < -0.3 is 10.8 Å². The van der Waals surface area contributed by atoms with Gasteiger partial charge in [0.2, 0.25) is 0 Å². The Bertz CT molecular complexity index is 418. The molecule has 3 nitrogen and oxygen atoms in total. The summed E-state index contributed by atoms with van der Waals surface area (Å²) in [6.45, 7) is 0.217. The van der Waals surface area contributed by atoms with E-state index in [9.17, 15) is 4.79 Å². The number of carboxylic acids is 1. The summed E-state index contributed by atoms with van der Waals surface area (Å²) in [4.78, 5) is 10.8. The lowest BCUT2D eigenvalue weighted by atomic mass is 10.1. The van der Waals surface area contributed by atoms with Gasteiger partial charge in [-0.25, -0.2) is 4.79 Å². The van der Waals surface area contributed by atoms with Gasteiger partial charge in [-0.1, -0.05) is 27.8 Å². The van der Waals surface area contributed by atoms with Crippen LogP contribution in [0.2, 0.25) is 0 Å². The molecule has 0 amide bonds. The van der Waals surface area contributed by atoms with E-state index in [0.29, 0.717) is 10.0 Å². The predicted octanol–water partition coefficient (Wildman–Crippen LogP) is 1.46. The highest BCUT2D eigenvalue weighted by Gasteiger charge is 2.08. The quantitative estimate of drug-likeness (QED) is 0.745. The van der Waals surface area contributed by atoms with Gasteiger partial charge in [0.15, 0.2) is 0 Å². The molecule has 0 bridgehead atoms. The molecular weight excluding hydrogens is 246 g/mol. The molecule has 14 heavy (non-hydrogen) atoms. The monoisotopic (exact) mass is 253 g/mol. The third kappa shape index (κ3) is 2.59. The Morgan fingerprint density at radius 3 is 2.86 bits per heavy atom. The minimum absolute atomic E-state index is 0.181. The second-order valence-corrected chi connectivity index (χ2v) is 3.42. The molecule has 0 unspecified atom stereocenters. The van der Waals surface area contributed by atoms with Crippen LogP contribution in [0.15, 0.2) is 22.7 Å². The molecule has 0 aliphatic carbocycles. The van der Waals surface area contributed by atoms with Crippen LogP contribution in [0.5, 0.6) is 0 Å². The standard InChI is InChI=1S/C10H8BrNO2/c11-8-4-3-7(2-1-5-12)9(6-8)10(13)14/h3-4,6H,5,12H2,(H,13,14). The fraction of sp³-hybridized carbons (Fsp3) is 0.100. The number of benzene rings is 1. The van der Waals surface area contributed by atoms with Gasteiger partial charge in [-0.3, -0.25) is 0 Å². The molecule has 0 fully saturated rings. The van der Waals surface area contributed by atoms with Crippen molar-refractivity contribution >= 4 is 21.9 Å². The van der Waals surface area contributed by atoms with Crippen molar-refractivity contribution in [3.8, 4) is 11.8 Å². The van der Waals surface area contributed by atoms with Crippen LogP contribution in [0.1, 0.15) is 15.9 Å². The lowest BCUT2D eigenvalue weighted by Crippen LogP contribution is -2.00. The summed E-state index contributed by atoms with van der Waals surface area (Å²) in [6, 6.07) is 4.91. The highest BCUT2D eigenvalue weighted by atomic mass is 79.9. The number of rotatable bonds is 1. The Hall–Kier alpha value is -1.31. The first kappa shape index (κ1) is 10.8. The van der Waals surface area contributed by atoms with Crippen LogP contribution in [0.4, 0.5) is 0 Å². The van der Waals surface area contributed by atoms with Crippen LogP contribution in [0.25, 0.3) is 0 Å². The highest BCUT2D eigenvalue weighted by molar-refractivity contribution is 9.10. The van der Waals surface area contributed by atoms with Gasteiger partial charge in [-0.2, -0.15) is 0 Å². The number of carboxylic acid groups (broad SMARTS) is 1. The third-order valence-corrected chi connectivity index (χ3v) is 2.03. The summed E-state index contributed by atoms with van der Waals surface area (Å²) in [5.74, 6) is 4.33. The van der Waals surface area contributed by atoms with Crippen molar-refractivity contribution in [2.24, 2.45) is 5.73 Å². The molecule has 3 N–H and O–H groups in total. The summed E-state index contributed by atoms with van der Waals surface area (Å²) < 4.78 is 0.716. The lowest BCUT2D eigenvalue weighted by Gasteiger charge is -1.99. The number of halogens is 1. The largest absolute Gasteiger partial charge is 0.478 e. The number of nitrogens with two attached hydrogens (primary N) is 1. The van der Waals surface area contributed by atoms with Crippen LogP contribution in [-0.4, -0.2) is 17.6 Å². The molecule has 0 saturated heterocycles. The maximum absolute atomic E-state index is 10.8. The summed E-state index contributed by atoms with van der Waals surface area (Å²) in [5.41, 5.74) is 5.86. The van der Waals surface area contributed by atoms with Crippen molar-refractivity contribution in [1.29, 1.82) is 0 Å². The third-order valence-electron chi connectivity index (χ3n) is 1.54. The topological polar surface area (TPSA) is 63.3 Å². The molecule has 0 atom stereocenters. The Morgan fingerprint density at radius 2 is 2.29 bits per heavy atom. The molecule has 0 spiro atoms. The summed E-state index contributed by atoms with van der Waals surface area (Å²) in [5, 5.41) is 8.87. The van der Waals surface area contributed by atoms with Gasteiger partial charge in [0.05, 0.1) is 12.1 Å². The van der Waals surface area contributed by atoms with Gasteiger partial charge in [-0.05, 0) is 18.2 Å². The molecule has 0 aliphatic rings. The van der Waals surface area contributed by atoms with Crippen LogP contribution < -0.4 is 5.73 Å². The Kier molecular flexibility index (Phi) is 3.69. The second-order valence-electron chi connectivity index (χ2n) is 2.50. The minimum atomic E-state index is -0.993. The maximum Gasteiger partial charge on any atom is 0.337 e.